The Bertz CT molecular complexity index is 390. The molecule has 1 saturated heterocycles. The maximum absolute atomic E-state index is 12.4. The lowest BCUT2D eigenvalue weighted by Gasteiger charge is -2.36. The van der Waals surface area contributed by atoms with E-state index >= 15 is 0 Å². The lowest BCUT2D eigenvalue weighted by atomic mass is 9.90. The van der Waals surface area contributed by atoms with E-state index in [9.17, 15) is 4.57 Å². The van der Waals surface area contributed by atoms with Gasteiger partial charge in [0.2, 0.25) is 0 Å². The van der Waals surface area contributed by atoms with Gasteiger partial charge in [-0.2, -0.15) is 0 Å². The van der Waals surface area contributed by atoms with Crippen LogP contribution in [-0.4, -0.2) is 13.2 Å². The second kappa shape index (κ2) is 4.33. The number of hydrogen-bond donors (Lipinski definition) is 0. The molecule has 0 spiro atoms. The normalized spacial score (nSPS) is 34.9. The van der Waals surface area contributed by atoms with Crippen LogP contribution in [0.2, 0.25) is 0 Å². The fourth-order valence-corrected chi connectivity index (χ4v) is 3.40. The third-order valence-corrected chi connectivity index (χ3v) is 4.96. The van der Waals surface area contributed by atoms with Crippen molar-refractivity contribution in [3.8, 4) is 0 Å². The van der Waals surface area contributed by atoms with Crippen LogP contribution in [0.4, 0.5) is 0 Å². The van der Waals surface area contributed by atoms with Gasteiger partial charge in [0.05, 0.1) is 18.5 Å². The molecule has 4 heteroatoms. The SMILES string of the molecule is CCC1(C)COP(=O)(c2ccccc2)OC1. The standard InChI is InChI=1S/C12H17O3P/c1-3-12(2)9-14-16(13,15-10-12)11-7-5-4-6-8-11/h4-8H,3,9-10H2,1-2H3. The molecule has 0 amide bonds. The van der Waals surface area contributed by atoms with Crippen LogP contribution in [0, 0.1) is 5.41 Å². The second-order valence-corrected chi connectivity index (χ2v) is 6.57. The Hall–Kier alpha value is -0.630. The Morgan fingerprint density at radius 2 is 1.81 bits per heavy atom. The highest BCUT2D eigenvalue weighted by atomic mass is 31.2. The smallest absolute Gasteiger partial charge is 0.305 e. The summed E-state index contributed by atoms with van der Waals surface area (Å²) in [5, 5.41) is 0.646. The highest BCUT2D eigenvalue weighted by Crippen LogP contribution is 2.53. The molecule has 3 nitrogen and oxygen atoms in total. The lowest BCUT2D eigenvalue weighted by molar-refractivity contribution is 0.0313. The van der Waals surface area contributed by atoms with Crippen LogP contribution in [-0.2, 0) is 13.6 Å². The molecule has 0 N–H and O–H groups in total. The topological polar surface area (TPSA) is 35.5 Å². The first kappa shape index (κ1) is 11.8. The zero-order valence-electron chi connectivity index (χ0n) is 9.68. The first-order chi connectivity index (χ1) is 7.58. The predicted octanol–water partition coefficient (Wildman–Crippen LogP) is 2.97. The van der Waals surface area contributed by atoms with Gasteiger partial charge in [-0.05, 0) is 18.6 Å². The van der Waals surface area contributed by atoms with E-state index in [4.69, 9.17) is 9.05 Å². The summed E-state index contributed by atoms with van der Waals surface area (Å²) in [7, 11) is -3.06. The molecule has 0 radical (unpaired) electrons. The fraction of sp³-hybridized carbons (Fsp3) is 0.500. The van der Waals surface area contributed by atoms with E-state index in [0.717, 1.165) is 6.42 Å². The van der Waals surface area contributed by atoms with Crippen molar-refractivity contribution in [2.45, 2.75) is 20.3 Å². The Kier molecular flexibility index (Phi) is 3.20. The molecule has 1 fully saturated rings. The first-order valence-corrected chi connectivity index (χ1v) is 7.07. The van der Waals surface area contributed by atoms with Gasteiger partial charge < -0.3 is 9.05 Å². The van der Waals surface area contributed by atoms with Crippen LogP contribution in [0.25, 0.3) is 0 Å². The van der Waals surface area contributed by atoms with Gasteiger partial charge in [-0.1, -0.05) is 32.0 Å². The molecule has 2 rings (SSSR count). The highest BCUT2D eigenvalue weighted by molar-refractivity contribution is 7.62. The van der Waals surface area contributed by atoms with Crippen LogP contribution >= 0.6 is 7.60 Å². The summed E-state index contributed by atoms with van der Waals surface area (Å²) in [4.78, 5) is 0. The third-order valence-electron chi connectivity index (χ3n) is 3.09. The Morgan fingerprint density at radius 1 is 1.25 bits per heavy atom. The van der Waals surface area contributed by atoms with Crippen molar-refractivity contribution in [3.63, 3.8) is 0 Å². The molecule has 16 heavy (non-hydrogen) atoms. The van der Waals surface area contributed by atoms with Crippen molar-refractivity contribution in [3.05, 3.63) is 30.3 Å². The van der Waals surface area contributed by atoms with E-state index < -0.39 is 7.60 Å². The van der Waals surface area contributed by atoms with Crippen LogP contribution in [0.15, 0.2) is 30.3 Å². The molecule has 88 valence electrons. The monoisotopic (exact) mass is 240 g/mol. The predicted molar refractivity (Wildman–Crippen MR) is 64.0 cm³/mol. The van der Waals surface area contributed by atoms with Crippen molar-refractivity contribution in [2.24, 2.45) is 5.41 Å². The first-order valence-electron chi connectivity index (χ1n) is 5.53. The van der Waals surface area contributed by atoms with E-state index in [-0.39, 0.29) is 5.41 Å². The van der Waals surface area contributed by atoms with Crippen LogP contribution < -0.4 is 5.30 Å². The Labute approximate surface area is 96.3 Å². The summed E-state index contributed by atoms with van der Waals surface area (Å²) < 4.78 is 23.4. The Morgan fingerprint density at radius 3 is 2.31 bits per heavy atom. The maximum atomic E-state index is 12.4. The van der Waals surface area contributed by atoms with Crippen molar-refractivity contribution in [1.82, 2.24) is 0 Å². The zero-order valence-corrected chi connectivity index (χ0v) is 10.6. The molecule has 1 aromatic carbocycles. The van der Waals surface area contributed by atoms with Crippen LogP contribution in [0.3, 0.4) is 0 Å². The van der Waals surface area contributed by atoms with Gasteiger partial charge in [0, 0.05) is 5.41 Å². The molecule has 1 heterocycles. The molecule has 0 unspecified atom stereocenters. The average Bonchev–Trinajstić information content (AvgIpc) is 2.35. The van der Waals surface area contributed by atoms with Crippen LogP contribution in [0.1, 0.15) is 20.3 Å². The van der Waals surface area contributed by atoms with Crippen LogP contribution in [0.5, 0.6) is 0 Å². The number of hydrogen-bond acceptors (Lipinski definition) is 3. The van der Waals surface area contributed by atoms with Crippen molar-refractivity contribution >= 4 is 12.9 Å². The minimum Gasteiger partial charge on any atom is -0.305 e. The van der Waals surface area contributed by atoms with E-state index in [1.807, 2.05) is 18.2 Å². The Balaban J connectivity index is 2.17. The molecule has 1 aromatic rings. The summed E-state index contributed by atoms with van der Waals surface area (Å²) in [5.74, 6) is 0. The highest BCUT2D eigenvalue weighted by Gasteiger charge is 2.39. The number of benzene rings is 1. The van der Waals surface area contributed by atoms with Crippen molar-refractivity contribution in [1.29, 1.82) is 0 Å². The van der Waals surface area contributed by atoms with E-state index in [1.165, 1.54) is 0 Å². The molecule has 0 aliphatic carbocycles. The van der Waals surface area contributed by atoms with Gasteiger partial charge in [-0.25, -0.2) is 0 Å². The summed E-state index contributed by atoms with van der Waals surface area (Å²) in [6, 6.07) is 9.14. The van der Waals surface area contributed by atoms with Gasteiger partial charge in [0.15, 0.2) is 0 Å². The maximum Gasteiger partial charge on any atom is 0.361 e. The molecule has 1 aliphatic rings. The summed E-state index contributed by atoms with van der Waals surface area (Å²) in [6.45, 7) is 5.17. The zero-order chi connectivity index (χ0) is 11.6. The van der Waals surface area contributed by atoms with Gasteiger partial charge in [0.25, 0.3) is 0 Å². The third kappa shape index (κ3) is 2.22. The van der Waals surface area contributed by atoms with Crippen molar-refractivity contribution in [2.75, 3.05) is 13.2 Å². The summed E-state index contributed by atoms with van der Waals surface area (Å²) in [6.07, 6.45) is 0.960. The molecule has 0 aromatic heterocycles. The minimum atomic E-state index is -3.06. The molecular formula is C12H17O3P. The quantitative estimate of drug-likeness (QED) is 0.745. The number of rotatable bonds is 2. The molecule has 0 bridgehead atoms. The minimum absolute atomic E-state index is 0.0112. The summed E-state index contributed by atoms with van der Waals surface area (Å²) in [5.41, 5.74) is -0.0112. The van der Waals surface area contributed by atoms with Crippen molar-refractivity contribution < 1.29 is 13.6 Å². The van der Waals surface area contributed by atoms with E-state index in [2.05, 4.69) is 13.8 Å². The van der Waals surface area contributed by atoms with Gasteiger partial charge in [-0.15, -0.1) is 0 Å². The van der Waals surface area contributed by atoms with Gasteiger partial charge in [-0.3, -0.25) is 4.57 Å². The largest absolute Gasteiger partial charge is 0.361 e. The molecule has 0 atom stereocenters. The van der Waals surface area contributed by atoms with E-state index in [0.29, 0.717) is 18.5 Å². The fourth-order valence-electron chi connectivity index (χ4n) is 1.52. The van der Waals surface area contributed by atoms with Gasteiger partial charge in [0.1, 0.15) is 0 Å². The van der Waals surface area contributed by atoms with E-state index in [1.54, 1.807) is 12.1 Å². The average molecular weight is 240 g/mol. The second-order valence-electron chi connectivity index (χ2n) is 4.54. The molecule has 0 saturated carbocycles. The molecule has 1 aliphatic heterocycles. The molecular weight excluding hydrogens is 223 g/mol. The van der Waals surface area contributed by atoms with Gasteiger partial charge >= 0.3 is 7.60 Å². The lowest BCUT2D eigenvalue weighted by Crippen LogP contribution is -2.33. The summed E-state index contributed by atoms with van der Waals surface area (Å²) >= 11 is 0.